The summed E-state index contributed by atoms with van der Waals surface area (Å²) >= 11 is 0. The van der Waals surface area contributed by atoms with Gasteiger partial charge >= 0.3 is 0 Å². The highest BCUT2D eigenvalue weighted by molar-refractivity contribution is 6.01. The number of amides is 2. The van der Waals surface area contributed by atoms with Gasteiger partial charge in [0.05, 0.1) is 20.6 Å². The molecule has 1 fully saturated rings. The first-order chi connectivity index (χ1) is 14.0. The number of rotatable bonds is 4. The van der Waals surface area contributed by atoms with Crippen molar-refractivity contribution in [2.24, 2.45) is 0 Å². The highest BCUT2D eigenvalue weighted by Gasteiger charge is 2.27. The quantitative estimate of drug-likeness (QED) is 0.794. The van der Waals surface area contributed by atoms with Gasteiger partial charge in [0.25, 0.3) is 5.91 Å². The van der Waals surface area contributed by atoms with Gasteiger partial charge in [0.2, 0.25) is 5.91 Å². The summed E-state index contributed by atoms with van der Waals surface area (Å²) in [6.45, 7) is 2.76. The Morgan fingerprint density at radius 2 is 1.59 bits per heavy atom. The van der Waals surface area contributed by atoms with Crippen LogP contribution in [-0.4, -0.2) is 64.2 Å². The minimum atomic E-state index is -0.0250. The van der Waals surface area contributed by atoms with Crippen molar-refractivity contribution in [1.82, 2.24) is 4.90 Å². The van der Waals surface area contributed by atoms with Crippen molar-refractivity contribution in [2.75, 3.05) is 57.2 Å². The SMILES string of the molecule is COc1cc(OC)cc(C(=O)N2CCN(c3ccc4c(c3)CC(=O)N4C)CC2)c1. The van der Waals surface area contributed by atoms with Crippen molar-refractivity contribution in [3.63, 3.8) is 0 Å². The van der Waals surface area contributed by atoms with Gasteiger partial charge in [0.1, 0.15) is 11.5 Å². The normalized spacial score (nSPS) is 16.1. The van der Waals surface area contributed by atoms with E-state index in [4.69, 9.17) is 9.47 Å². The summed E-state index contributed by atoms with van der Waals surface area (Å²) in [5.74, 6) is 1.30. The van der Waals surface area contributed by atoms with Crippen LogP contribution in [0.5, 0.6) is 11.5 Å². The summed E-state index contributed by atoms with van der Waals surface area (Å²) in [7, 11) is 4.96. The maximum Gasteiger partial charge on any atom is 0.254 e. The predicted molar refractivity (Wildman–Crippen MR) is 111 cm³/mol. The molecule has 152 valence electrons. The van der Waals surface area contributed by atoms with Gasteiger partial charge in [-0.15, -0.1) is 0 Å². The Morgan fingerprint density at radius 1 is 0.931 bits per heavy atom. The molecule has 0 radical (unpaired) electrons. The number of nitrogens with zero attached hydrogens (tertiary/aromatic N) is 3. The molecule has 1 saturated heterocycles. The molecule has 0 saturated carbocycles. The van der Waals surface area contributed by atoms with Crippen LogP contribution < -0.4 is 19.3 Å². The highest BCUT2D eigenvalue weighted by atomic mass is 16.5. The van der Waals surface area contributed by atoms with Crippen LogP contribution in [0.25, 0.3) is 0 Å². The number of ether oxygens (including phenoxy) is 2. The van der Waals surface area contributed by atoms with E-state index in [0.717, 1.165) is 30.0 Å². The smallest absolute Gasteiger partial charge is 0.254 e. The fourth-order valence-electron chi connectivity index (χ4n) is 3.93. The Bertz CT molecular complexity index is 929. The van der Waals surface area contributed by atoms with Gasteiger partial charge < -0.3 is 24.2 Å². The second-order valence-corrected chi connectivity index (χ2v) is 7.32. The first kappa shape index (κ1) is 19.1. The molecule has 2 aliphatic rings. The number of hydrogen-bond donors (Lipinski definition) is 0. The molecule has 2 aromatic rings. The molecule has 7 nitrogen and oxygen atoms in total. The van der Waals surface area contributed by atoms with Crippen LogP contribution in [0.1, 0.15) is 15.9 Å². The Labute approximate surface area is 170 Å². The van der Waals surface area contributed by atoms with E-state index in [1.54, 1.807) is 37.3 Å². The summed E-state index contributed by atoms with van der Waals surface area (Å²) in [4.78, 5) is 30.7. The Kier molecular flexibility index (Phi) is 5.05. The number of methoxy groups -OCH3 is 2. The molecular formula is C22H25N3O4. The third-order valence-corrected chi connectivity index (χ3v) is 5.67. The largest absolute Gasteiger partial charge is 0.497 e. The van der Waals surface area contributed by atoms with Crippen LogP contribution in [0.2, 0.25) is 0 Å². The van der Waals surface area contributed by atoms with Crippen LogP contribution in [0, 0.1) is 0 Å². The van der Waals surface area contributed by atoms with Gasteiger partial charge in [0, 0.05) is 56.2 Å². The van der Waals surface area contributed by atoms with Crippen LogP contribution in [0.3, 0.4) is 0 Å². The summed E-state index contributed by atoms with van der Waals surface area (Å²) in [5, 5.41) is 0. The van der Waals surface area contributed by atoms with Crippen molar-refractivity contribution < 1.29 is 19.1 Å². The monoisotopic (exact) mass is 395 g/mol. The number of piperazine rings is 1. The lowest BCUT2D eigenvalue weighted by Crippen LogP contribution is -2.48. The molecule has 4 rings (SSSR count). The fraction of sp³-hybridized carbons (Fsp3) is 0.364. The van der Waals surface area contributed by atoms with Crippen molar-refractivity contribution in [3.8, 4) is 11.5 Å². The number of likely N-dealkylation sites (N-methyl/N-ethyl adjacent to an activating group) is 1. The van der Waals surface area contributed by atoms with Gasteiger partial charge in [-0.2, -0.15) is 0 Å². The van der Waals surface area contributed by atoms with Crippen LogP contribution in [0.15, 0.2) is 36.4 Å². The minimum absolute atomic E-state index is 0.0250. The minimum Gasteiger partial charge on any atom is -0.497 e. The lowest BCUT2D eigenvalue weighted by molar-refractivity contribution is -0.117. The molecule has 0 atom stereocenters. The molecular weight excluding hydrogens is 370 g/mol. The molecule has 2 aromatic carbocycles. The van der Waals surface area contributed by atoms with Gasteiger partial charge in [0.15, 0.2) is 0 Å². The Balaban J connectivity index is 1.44. The van der Waals surface area contributed by atoms with Crippen molar-refractivity contribution in [3.05, 3.63) is 47.5 Å². The zero-order valence-electron chi connectivity index (χ0n) is 17.0. The first-order valence-corrected chi connectivity index (χ1v) is 9.67. The molecule has 0 aliphatic carbocycles. The molecule has 0 N–H and O–H groups in total. The summed E-state index contributed by atoms with van der Waals surface area (Å²) in [6.07, 6.45) is 0.454. The maximum atomic E-state index is 13.0. The van der Waals surface area contributed by atoms with Crippen molar-refractivity contribution in [1.29, 1.82) is 0 Å². The Morgan fingerprint density at radius 3 is 2.21 bits per heavy atom. The van der Waals surface area contributed by atoms with E-state index in [-0.39, 0.29) is 11.8 Å². The Hall–Kier alpha value is -3.22. The lowest BCUT2D eigenvalue weighted by Gasteiger charge is -2.36. The number of carbonyl (C=O) groups is 2. The number of fused-ring (bicyclic) bond motifs is 1. The molecule has 0 unspecified atom stereocenters. The van der Waals surface area contributed by atoms with Crippen LogP contribution >= 0.6 is 0 Å². The second kappa shape index (κ2) is 7.66. The molecule has 2 aliphatic heterocycles. The zero-order chi connectivity index (χ0) is 20.5. The number of hydrogen-bond acceptors (Lipinski definition) is 5. The van der Waals surface area contributed by atoms with E-state index in [2.05, 4.69) is 17.0 Å². The number of anilines is 2. The molecule has 0 bridgehead atoms. The van der Waals surface area contributed by atoms with Crippen molar-refractivity contribution >= 4 is 23.2 Å². The summed E-state index contributed by atoms with van der Waals surface area (Å²) in [5.41, 5.74) is 3.72. The molecule has 0 aromatic heterocycles. The van der Waals surface area contributed by atoms with Gasteiger partial charge in [-0.1, -0.05) is 0 Å². The topological polar surface area (TPSA) is 62.3 Å². The second-order valence-electron chi connectivity index (χ2n) is 7.32. The summed E-state index contributed by atoms with van der Waals surface area (Å²) < 4.78 is 10.6. The van der Waals surface area contributed by atoms with Gasteiger partial charge in [-0.3, -0.25) is 9.59 Å². The molecule has 0 spiro atoms. The molecule has 2 amide bonds. The number of benzene rings is 2. The van der Waals surface area contributed by atoms with Crippen LogP contribution in [0.4, 0.5) is 11.4 Å². The van der Waals surface area contributed by atoms with E-state index < -0.39 is 0 Å². The lowest BCUT2D eigenvalue weighted by atomic mass is 10.1. The molecule has 29 heavy (non-hydrogen) atoms. The average Bonchev–Trinajstić information content (AvgIpc) is 3.05. The van der Waals surface area contributed by atoms with Crippen molar-refractivity contribution in [2.45, 2.75) is 6.42 Å². The standard InChI is InChI=1S/C22H25N3O4/c1-23-20-5-4-17(10-15(20)13-21(23)26)24-6-8-25(9-7-24)22(27)16-11-18(28-2)14-19(12-16)29-3/h4-5,10-12,14H,6-9,13H2,1-3H3. The van der Waals surface area contributed by atoms with Gasteiger partial charge in [-0.05, 0) is 35.9 Å². The number of carbonyl (C=O) groups excluding carboxylic acids is 2. The van der Waals surface area contributed by atoms with E-state index in [1.807, 2.05) is 18.0 Å². The predicted octanol–water partition coefficient (Wildman–Crippen LogP) is 2.19. The average molecular weight is 395 g/mol. The van der Waals surface area contributed by atoms with E-state index >= 15 is 0 Å². The first-order valence-electron chi connectivity index (χ1n) is 9.67. The highest BCUT2D eigenvalue weighted by Crippen LogP contribution is 2.32. The van der Waals surface area contributed by atoms with E-state index in [9.17, 15) is 9.59 Å². The fourth-order valence-corrected chi connectivity index (χ4v) is 3.93. The molecule has 7 heteroatoms. The molecule has 2 heterocycles. The zero-order valence-corrected chi connectivity index (χ0v) is 17.0. The van der Waals surface area contributed by atoms with Gasteiger partial charge in [-0.25, -0.2) is 0 Å². The summed E-state index contributed by atoms with van der Waals surface area (Å²) in [6, 6.07) is 11.4. The van der Waals surface area contributed by atoms with E-state index in [1.165, 1.54) is 0 Å². The third-order valence-electron chi connectivity index (χ3n) is 5.67. The van der Waals surface area contributed by atoms with E-state index in [0.29, 0.717) is 36.6 Å². The van der Waals surface area contributed by atoms with Crippen LogP contribution in [-0.2, 0) is 11.2 Å². The maximum absolute atomic E-state index is 13.0. The third kappa shape index (κ3) is 3.60.